The monoisotopic (exact) mass is 632 g/mol. The molecule has 9 nitrogen and oxygen atoms in total. The molecule has 46 heavy (non-hydrogen) atoms. The van der Waals surface area contributed by atoms with Crippen molar-refractivity contribution in [2.75, 3.05) is 10.6 Å². The highest BCUT2D eigenvalue weighted by Crippen LogP contribution is 2.35. The van der Waals surface area contributed by atoms with Gasteiger partial charge in [-0.25, -0.2) is 0 Å². The Morgan fingerprint density at radius 3 is 2.30 bits per heavy atom. The Balaban J connectivity index is 1.39. The van der Waals surface area contributed by atoms with Gasteiger partial charge in [0.15, 0.2) is 0 Å². The van der Waals surface area contributed by atoms with E-state index >= 15 is 0 Å². The van der Waals surface area contributed by atoms with Crippen LogP contribution in [-0.4, -0.2) is 46.0 Å². The van der Waals surface area contributed by atoms with E-state index in [1.807, 2.05) is 32.1 Å². The van der Waals surface area contributed by atoms with Crippen LogP contribution in [-0.2, 0) is 14.4 Å². The van der Waals surface area contributed by atoms with Crippen LogP contribution < -0.4 is 15.4 Å². The summed E-state index contributed by atoms with van der Waals surface area (Å²) in [4.78, 5) is 48.5. The fourth-order valence-corrected chi connectivity index (χ4v) is 5.43. The van der Waals surface area contributed by atoms with E-state index in [0.29, 0.717) is 42.0 Å². The van der Waals surface area contributed by atoms with Gasteiger partial charge in [0, 0.05) is 48.5 Å². The summed E-state index contributed by atoms with van der Waals surface area (Å²) in [6, 6.07) is 13.0. The predicted molar refractivity (Wildman–Crippen MR) is 179 cm³/mol. The third-order valence-corrected chi connectivity index (χ3v) is 8.34. The van der Waals surface area contributed by atoms with Crippen molar-refractivity contribution in [1.29, 1.82) is 0 Å². The number of carbonyl (C=O) groups is 4. The van der Waals surface area contributed by atoms with Gasteiger partial charge >= 0.3 is 5.97 Å². The van der Waals surface area contributed by atoms with Crippen LogP contribution in [0.4, 0.5) is 11.4 Å². The molecule has 0 bridgehead atoms. The van der Waals surface area contributed by atoms with Crippen LogP contribution in [0.2, 0.25) is 0 Å². The first-order valence-corrected chi connectivity index (χ1v) is 16.1. The molecular weight excluding hydrogens is 584 g/mol. The van der Waals surface area contributed by atoms with Crippen molar-refractivity contribution < 1.29 is 34.1 Å². The van der Waals surface area contributed by atoms with E-state index < -0.39 is 12.2 Å². The van der Waals surface area contributed by atoms with Gasteiger partial charge < -0.3 is 25.6 Å². The summed E-state index contributed by atoms with van der Waals surface area (Å²) in [5.41, 5.74) is 1.30. The average Bonchev–Trinajstić information content (AvgIpc) is 3.28. The van der Waals surface area contributed by atoms with Crippen molar-refractivity contribution in [3.63, 3.8) is 0 Å². The number of hydrogen-bond acceptors (Lipinski definition) is 7. The number of nitrogens with one attached hydrogen (secondary N) is 2. The highest BCUT2D eigenvalue weighted by atomic mass is 16.5. The number of aliphatic hydroxyl groups is 2. The predicted octanol–water partition coefficient (Wildman–Crippen LogP) is 6.62. The van der Waals surface area contributed by atoms with Gasteiger partial charge in [-0.15, -0.1) is 0 Å². The first kappa shape index (κ1) is 36.4. The van der Waals surface area contributed by atoms with E-state index in [1.165, 1.54) is 6.92 Å². The number of Topliss-reactive ketones (excluding diaryl/α,β-unsaturated/α-hetero) is 1. The number of amides is 2. The molecular formula is C37H48N2O7. The zero-order chi connectivity index (χ0) is 33.7. The lowest BCUT2D eigenvalue weighted by Crippen LogP contribution is -2.28. The zero-order valence-corrected chi connectivity index (χ0v) is 27.3. The van der Waals surface area contributed by atoms with Gasteiger partial charge in [0.05, 0.1) is 12.2 Å². The number of hydrogen-bond donors (Lipinski definition) is 4. The van der Waals surface area contributed by atoms with E-state index in [0.717, 1.165) is 19.3 Å². The second-order valence-electron chi connectivity index (χ2n) is 12.7. The zero-order valence-electron chi connectivity index (χ0n) is 27.3. The lowest BCUT2D eigenvalue weighted by atomic mass is 9.80. The summed E-state index contributed by atoms with van der Waals surface area (Å²) in [6.45, 7) is 7.59. The summed E-state index contributed by atoms with van der Waals surface area (Å²) >= 11 is 0. The van der Waals surface area contributed by atoms with Crippen LogP contribution in [0, 0.1) is 17.3 Å². The summed E-state index contributed by atoms with van der Waals surface area (Å²) in [5.74, 6) is -1.14. The van der Waals surface area contributed by atoms with Gasteiger partial charge in [0.1, 0.15) is 11.5 Å². The van der Waals surface area contributed by atoms with Crippen LogP contribution in [0.1, 0.15) is 89.4 Å². The number of carbonyl (C=O) groups excluding carboxylic acids is 4. The molecule has 0 spiro atoms. The molecule has 1 aliphatic rings. The first-order valence-electron chi connectivity index (χ1n) is 16.1. The molecule has 4 N–H and O–H groups in total. The number of aliphatic hydroxyl groups excluding tert-OH is 2. The smallest absolute Gasteiger partial charge is 0.311 e. The van der Waals surface area contributed by atoms with E-state index in [-0.39, 0.29) is 53.7 Å². The third kappa shape index (κ3) is 11.4. The lowest BCUT2D eigenvalue weighted by molar-refractivity contribution is -0.134. The molecule has 3 rings (SSSR count). The van der Waals surface area contributed by atoms with E-state index in [9.17, 15) is 29.4 Å². The number of rotatable bonds is 16. The average molecular weight is 633 g/mol. The maximum absolute atomic E-state index is 12.6. The van der Waals surface area contributed by atoms with Gasteiger partial charge in [0.2, 0.25) is 5.91 Å². The molecule has 0 radical (unpaired) electrons. The Kier molecular flexibility index (Phi) is 13.9. The van der Waals surface area contributed by atoms with Crippen molar-refractivity contribution in [1.82, 2.24) is 0 Å². The molecule has 9 heteroatoms. The first-order chi connectivity index (χ1) is 21.9. The van der Waals surface area contributed by atoms with Crippen molar-refractivity contribution in [2.24, 2.45) is 17.3 Å². The SMILES string of the molecule is CCCCC(C)(C)C(O)/C=C/[C@H]1C(O)CC(=O)[C@@H]1C/C=C\CCCC(=O)Oc1ccc(NC(=O)c2ccc(NC(C)=O)cc2)cc1. The molecule has 0 aliphatic heterocycles. The number of esters is 1. The van der Waals surface area contributed by atoms with Crippen molar-refractivity contribution in [2.45, 2.75) is 91.3 Å². The summed E-state index contributed by atoms with van der Waals surface area (Å²) < 4.78 is 5.41. The summed E-state index contributed by atoms with van der Waals surface area (Å²) in [6.07, 6.45) is 11.1. The lowest BCUT2D eigenvalue weighted by Gasteiger charge is -2.29. The fourth-order valence-electron chi connectivity index (χ4n) is 5.43. The largest absolute Gasteiger partial charge is 0.427 e. The quantitative estimate of drug-likeness (QED) is 0.0705. The van der Waals surface area contributed by atoms with Gasteiger partial charge in [-0.3, -0.25) is 19.2 Å². The van der Waals surface area contributed by atoms with Gasteiger partial charge in [-0.2, -0.15) is 0 Å². The number of benzene rings is 2. The van der Waals surface area contributed by atoms with E-state index in [1.54, 1.807) is 54.6 Å². The highest BCUT2D eigenvalue weighted by molar-refractivity contribution is 6.04. The normalized spacial score (nSPS) is 19.0. The van der Waals surface area contributed by atoms with Gasteiger partial charge in [-0.1, -0.05) is 57.9 Å². The third-order valence-electron chi connectivity index (χ3n) is 8.34. The highest BCUT2D eigenvalue weighted by Gasteiger charge is 2.39. The van der Waals surface area contributed by atoms with E-state index in [4.69, 9.17) is 4.74 Å². The molecule has 2 aromatic carbocycles. The minimum absolute atomic E-state index is 0.0260. The minimum Gasteiger partial charge on any atom is -0.427 e. The number of allylic oxidation sites excluding steroid dienone is 2. The summed E-state index contributed by atoms with van der Waals surface area (Å²) in [5, 5.41) is 26.6. The topological polar surface area (TPSA) is 142 Å². The van der Waals surface area contributed by atoms with Crippen LogP contribution in [0.5, 0.6) is 5.75 Å². The van der Waals surface area contributed by atoms with Crippen LogP contribution in [0.3, 0.4) is 0 Å². The standard InChI is InChI=1S/C37H48N2O7/c1-5-6-23-37(3,4)34(43)22-21-31-30(32(41)24-33(31)42)11-9-7-8-10-12-35(44)46-29-19-17-28(18-20-29)39-36(45)26-13-15-27(16-14-26)38-25(2)40/h7,9,13-22,30-31,33-34,42-43H,5-6,8,10-12,23-24H2,1-4H3,(H,38,40)(H,39,45)/b9-7-,22-21+/t30-,31-,33?,34?/m1/s1. The Hall–Kier alpha value is -4.08. The second-order valence-corrected chi connectivity index (χ2v) is 12.7. The molecule has 248 valence electrons. The fraction of sp³-hybridized carbons (Fsp3) is 0.459. The maximum Gasteiger partial charge on any atom is 0.311 e. The van der Waals surface area contributed by atoms with Crippen LogP contribution in [0.15, 0.2) is 72.8 Å². The number of anilines is 2. The Labute approximate surface area is 272 Å². The van der Waals surface area contributed by atoms with Gasteiger partial charge in [0.25, 0.3) is 5.91 Å². The molecule has 0 aromatic heterocycles. The molecule has 2 amide bonds. The Bertz CT molecular complexity index is 1380. The molecule has 0 heterocycles. The molecule has 1 saturated carbocycles. The van der Waals surface area contributed by atoms with Crippen molar-refractivity contribution in [3.8, 4) is 5.75 Å². The maximum atomic E-state index is 12.6. The van der Waals surface area contributed by atoms with Gasteiger partial charge in [-0.05, 0) is 79.6 Å². The Morgan fingerprint density at radius 1 is 1.00 bits per heavy atom. The van der Waals surface area contributed by atoms with Crippen molar-refractivity contribution >= 4 is 34.9 Å². The minimum atomic E-state index is -0.747. The molecule has 1 aliphatic carbocycles. The second kappa shape index (κ2) is 17.6. The number of ketones is 1. The van der Waals surface area contributed by atoms with Crippen LogP contribution in [0.25, 0.3) is 0 Å². The molecule has 2 unspecified atom stereocenters. The number of ether oxygens (including phenoxy) is 1. The number of unbranched alkanes of at least 4 members (excludes halogenated alkanes) is 2. The molecule has 2 aromatic rings. The Morgan fingerprint density at radius 2 is 1.65 bits per heavy atom. The van der Waals surface area contributed by atoms with Crippen molar-refractivity contribution in [3.05, 3.63) is 78.4 Å². The molecule has 1 fully saturated rings. The van der Waals surface area contributed by atoms with E-state index in [2.05, 4.69) is 17.6 Å². The molecule has 0 saturated heterocycles. The van der Waals surface area contributed by atoms with Crippen LogP contribution >= 0.6 is 0 Å². The molecule has 4 atom stereocenters. The summed E-state index contributed by atoms with van der Waals surface area (Å²) in [7, 11) is 0.